The monoisotopic (exact) mass is 432 g/mol. The Bertz CT molecular complexity index is 1080. The van der Waals surface area contributed by atoms with Crippen LogP contribution in [0.1, 0.15) is 34.8 Å². The highest BCUT2D eigenvalue weighted by Crippen LogP contribution is 2.20. The summed E-state index contributed by atoms with van der Waals surface area (Å²) in [5, 5.41) is 3.00. The van der Waals surface area contributed by atoms with E-state index in [-0.39, 0.29) is 17.9 Å². The minimum absolute atomic E-state index is 0.0374. The normalized spacial score (nSPS) is 10.8. The molecule has 0 aliphatic rings. The number of benzene rings is 1. The Balaban J connectivity index is 2.05. The summed E-state index contributed by atoms with van der Waals surface area (Å²) in [6.45, 7) is 4.33. The zero-order valence-electron chi connectivity index (χ0n) is 14.7. The smallest absolute Gasteiger partial charge is 0.343 e. The van der Waals surface area contributed by atoms with Gasteiger partial charge in [0.2, 0.25) is 5.43 Å². The van der Waals surface area contributed by atoms with Crippen molar-refractivity contribution in [3.8, 4) is 0 Å². The number of carbonyl (C=O) groups excluding carboxylic acids is 2. The van der Waals surface area contributed by atoms with Crippen molar-refractivity contribution in [2.75, 3.05) is 11.9 Å². The van der Waals surface area contributed by atoms with Crippen molar-refractivity contribution in [2.24, 2.45) is 0 Å². The summed E-state index contributed by atoms with van der Waals surface area (Å²) in [6, 6.07) is 8.10. The summed E-state index contributed by atoms with van der Waals surface area (Å²) in [7, 11) is 0. The largest absolute Gasteiger partial charge is 0.462 e. The van der Waals surface area contributed by atoms with E-state index in [1.807, 2.05) is 6.92 Å². The van der Waals surface area contributed by atoms with E-state index in [0.29, 0.717) is 27.8 Å². The fourth-order valence-corrected chi connectivity index (χ4v) is 3.03. The molecule has 2 aromatic heterocycles. The molecule has 27 heavy (non-hydrogen) atoms. The quantitative estimate of drug-likeness (QED) is 0.619. The van der Waals surface area contributed by atoms with Gasteiger partial charge in [0.05, 0.1) is 12.1 Å². The Morgan fingerprint density at radius 1 is 1.22 bits per heavy atom. The standard InChI is InChI=1S/C19H17BrN2O5/c1-3-22-10-13(19(25)26-4-2)17(23)12-9-11(5-6-14(12)22)21-18(24)15-7-8-16(20)27-15/h5-10H,3-4H2,1-2H3,(H,21,24). The third-order valence-corrected chi connectivity index (χ3v) is 4.40. The van der Waals surface area contributed by atoms with Crippen molar-refractivity contribution in [1.29, 1.82) is 0 Å². The molecular formula is C19H17BrN2O5. The predicted molar refractivity (Wildman–Crippen MR) is 104 cm³/mol. The lowest BCUT2D eigenvalue weighted by Gasteiger charge is -2.12. The first kappa shape index (κ1) is 18.9. The SMILES string of the molecule is CCOC(=O)c1cn(CC)c2ccc(NC(=O)c3ccc(Br)o3)cc2c1=O. The summed E-state index contributed by atoms with van der Waals surface area (Å²) in [5.41, 5.74) is 0.602. The van der Waals surface area contributed by atoms with Gasteiger partial charge in [0.15, 0.2) is 10.4 Å². The molecule has 0 radical (unpaired) electrons. The second kappa shape index (κ2) is 7.79. The van der Waals surface area contributed by atoms with Gasteiger partial charge in [-0.2, -0.15) is 0 Å². The van der Waals surface area contributed by atoms with Crippen LogP contribution in [0.2, 0.25) is 0 Å². The van der Waals surface area contributed by atoms with Crippen molar-refractivity contribution >= 4 is 44.4 Å². The van der Waals surface area contributed by atoms with E-state index in [9.17, 15) is 14.4 Å². The summed E-state index contributed by atoms with van der Waals surface area (Å²) in [4.78, 5) is 37.1. The highest BCUT2D eigenvalue weighted by Gasteiger charge is 2.17. The number of nitrogens with one attached hydrogen (secondary N) is 1. The van der Waals surface area contributed by atoms with Gasteiger partial charge in [-0.05, 0) is 60.1 Å². The molecule has 0 bridgehead atoms. The van der Waals surface area contributed by atoms with E-state index in [1.54, 1.807) is 35.8 Å². The van der Waals surface area contributed by atoms with Gasteiger partial charge in [-0.15, -0.1) is 0 Å². The molecule has 0 atom stereocenters. The molecule has 140 valence electrons. The van der Waals surface area contributed by atoms with Gasteiger partial charge in [0, 0.05) is 23.8 Å². The lowest BCUT2D eigenvalue weighted by atomic mass is 10.1. The predicted octanol–water partition coefficient (Wildman–Crippen LogP) is 3.81. The number of fused-ring (bicyclic) bond motifs is 1. The Labute approximate surface area is 163 Å². The van der Waals surface area contributed by atoms with Crippen molar-refractivity contribution in [1.82, 2.24) is 4.57 Å². The van der Waals surface area contributed by atoms with Crippen LogP contribution < -0.4 is 10.7 Å². The number of hydrogen-bond donors (Lipinski definition) is 1. The van der Waals surface area contributed by atoms with Crippen LogP contribution in [-0.2, 0) is 11.3 Å². The van der Waals surface area contributed by atoms with Crippen molar-refractivity contribution in [3.05, 3.63) is 62.7 Å². The van der Waals surface area contributed by atoms with Gasteiger partial charge >= 0.3 is 5.97 Å². The highest BCUT2D eigenvalue weighted by atomic mass is 79.9. The van der Waals surface area contributed by atoms with Crippen molar-refractivity contribution < 1.29 is 18.7 Å². The Morgan fingerprint density at radius 3 is 2.63 bits per heavy atom. The van der Waals surface area contributed by atoms with E-state index in [0.717, 1.165) is 0 Å². The topological polar surface area (TPSA) is 90.5 Å². The molecule has 0 aliphatic carbocycles. The minimum Gasteiger partial charge on any atom is -0.462 e. The van der Waals surface area contributed by atoms with E-state index < -0.39 is 17.3 Å². The number of anilines is 1. The number of hydrogen-bond acceptors (Lipinski definition) is 5. The summed E-state index contributed by atoms with van der Waals surface area (Å²) >= 11 is 3.14. The number of halogens is 1. The number of nitrogens with zero attached hydrogens (tertiary/aromatic N) is 1. The maximum atomic E-state index is 12.8. The minimum atomic E-state index is -0.665. The molecule has 8 heteroatoms. The van der Waals surface area contributed by atoms with Crippen LogP contribution in [-0.4, -0.2) is 23.1 Å². The molecule has 0 spiro atoms. The first-order chi connectivity index (χ1) is 12.9. The summed E-state index contributed by atoms with van der Waals surface area (Å²) in [6.07, 6.45) is 1.50. The van der Waals surface area contributed by atoms with Crippen LogP contribution in [0.25, 0.3) is 10.9 Å². The second-order valence-electron chi connectivity index (χ2n) is 5.67. The van der Waals surface area contributed by atoms with Crippen molar-refractivity contribution in [3.63, 3.8) is 0 Å². The third kappa shape index (κ3) is 3.80. The molecule has 0 saturated carbocycles. The molecule has 1 aromatic carbocycles. The number of pyridine rings is 1. The van der Waals surface area contributed by atoms with Gasteiger partial charge in [-0.1, -0.05) is 0 Å². The number of carbonyl (C=O) groups is 2. The molecule has 2 heterocycles. The number of rotatable bonds is 5. The van der Waals surface area contributed by atoms with Crippen LogP contribution in [0, 0.1) is 0 Å². The van der Waals surface area contributed by atoms with Gasteiger partial charge in [0.25, 0.3) is 5.91 Å². The second-order valence-corrected chi connectivity index (χ2v) is 6.45. The number of aromatic nitrogens is 1. The van der Waals surface area contributed by atoms with Crippen molar-refractivity contribution in [2.45, 2.75) is 20.4 Å². The molecular weight excluding hydrogens is 416 g/mol. The molecule has 1 N–H and O–H groups in total. The molecule has 1 amide bonds. The molecule has 7 nitrogen and oxygen atoms in total. The van der Waals surface area contributed by atoms with Gasteiger partial charge in [-0.25, -0.2) is 4.79 Å². The molecule has 3 aromatic rings. The number of aryl methyl sites for hydroxylation is 1. The Morgan fingerprint density at radius 2 is 2.00 bits per heavy atom. The average molecular weight is 433 g/mol. The molecule has 0 unspecified atom stereocenters. The number of amides is 1. The van der Waals surface area contributed by atoms with E-state index >= 15 is 0 Å². The van der Waals surface area contributed by atoms with Gasteiger partial charge < -0.3 is 19.0 Å². The van der Waals surface area contributed by atoms with Crippen LogP contribution in [0.15, 0.2) is 50.4 Å². The van der Waals surface area contributed by atoms with Gasteiger partial charge in [0.1, 0.15) is 5.56 Å². The van der Waals surface area contributed by atoms with E-state index in [4.69, 9.17) is 9.15 Å². The first-order valence-corrected chi connectivity index (χ1v) is 9.15. The van der Waals surface area contributed by atoms with E-state index in [2.05, 4.69) is 21.2 Å². The maximum absolute atomic E-state index is 12.8. The highest BCUT2D eigenvalue weighted by molar-refractivity contribution is 9.10. The van der Waals surface area contributed by atoms with Crippen LogP contribution in [0.3, 0.4) is 0 Å². The molecule has 3 rings (SSSR count). The summed E-state index contributed by atoms with van der Waals surface area (Å²) in [5.74, 6) is -0.980. The average Bonchev–Trinajstić information content (AvgIpc) is 3.09. The fraction of sp³-hybridized carbons (Fsp3) is 0.211. The maximum Gasteiger partial charge on any atom is 0.343 e. The fourth-order valence-electron chi connectivity index (χ4n) is 2.72. The zero-order chi connectivity index (χ0) is 19.6. The summed E-state index contributed by atoms with van der Waals surface area (Å²) < 4.78 is 12.4. The third-order valence-electron chi connectivity index (χ3n) is 3.97. The van der Waals surface area contributed by atoms with E-state index in [1.165, 1.54) is 12.3 Å². The molecule has 0 saturated heterocycles. The Kier molecular flexibility index (Phi) is 5.46. The lowest BCUT2D eigenvalue weighted by Crippen LogP contribution is -2.21. The van der Waals surface area contributed by atoms with Gasteiger partial charge in [-0.3, -0.25) is 9.59 Å². The Hall–Kier alpha value is -2.87. The number of ether oxygens (including phenoxy) is 1. The lowest BCUT2D eigenvalue weighted by molar-refractivity contribution is 0.0524. The van der Waals surface area contributed by atoms with Crippen LogP contribution >= 0.6 is 15.9 Å². The van der Waals surface area contributed by atoms with Crippen LogP contribution in [0.5, 0.6) is 0 Å². The first-order valence-electron chi connectivity index (χ1n) is 8.35. The molecule has 0 fully saturated rings. The number of furan rings is 1. The van der Waals surface area contributed by atoms with Crippen LogP contribution in [0.4, 0.5) is 5.69 Å². The molecule has 0 aliphatic heterocycles. The number of esters is 1. The zero-order valence-corrected chi connectivity index (χ0v) is 16.3.